The van der Waals surface area contributed by atoms with E-state index in [1.54, 1.807) is 12.1 Å². The zero-order valence-electron chi connectivity index (χ0n) is 6.79. The summed E-state index contributed by atoms with van der Waals surface area (Å²) in [4.78, 5) is 0. The lowest BCUT2D eigenvalue weighted by molar-refractivity contribution is 1.73. The van der Waals surface area contributed by atoms with Gasteiger partial charge in [-0.1, -0.05) is 47.9 Å². The molecule has 1 aromatic carbocycles. The van der Waals surface area contributed by atoms with Gasteiger partial charge in [-0.2, -0.15) is 0 Å². The minimum atomic E-state index is -0.643. The van der Waals surface area contributed by atoms with Gasteiger partial charge in [0.05, 0.1) is 18.8 Å². The number of hydrogen-bond acceptors (Lipinski definition) is 0. The Kier molecular flexibility index (Phi) is 3.47. The standard InChI is InChI=1S/C8H8Cl3Si/c1-12(2)8-6(10)4-3-5(9)7(8)11/h3-4H,1-2H3. The van der Waals surface area contributed by atoms with Gasteiger partial charge in [0.15, 0.2) is 0 Å². The summed E-state index contributed by atoms with van der Waals surface area (Å²) in [6.07, 6.45) is 0. The summed E-state index contributed by atoms with van der Waals surface area (Å²) in [5, 5.41) is 2.95. The van der Waals surface area contributed by atoms with Crippen LogP contribution in [0.5, 0.6) is 0 Å². The average Bonchev–Trinajstić information content (AvgIpc) is 1.97. The van der Waals surface area contributed by atoms with Gasteiger partial charge in [0, 0.05) is 5.02 Å². The number of halogens is 3. The maximum atomic E-state index is 6.00. The van der Waals surface area contributed by atoms with Gasteiger partial charge in [0.2, 0.25) is 0 Å². The van der Waals surface area contributed by atoms with Crippen LogP contribution in [0.3, 0.4) is 0 Å². The fraction of sp³-hybridized carbons (Fsp3) is 0.250. The van der Waals surface area contributed by atoms with Gasteiger partial charge in [-0.15, -0.1) is 0 Å². The lowest BCUT2D eigenvalue weighted by atomic mass is 10.3. The molecule has 0 spiro atoms. The van der Waals surface area contributed by atoms with E-state index in [1.165, 1.54) is 0 Å². The Balaban J connectivity index is 3.33. The Morgan fingerprint density at radius 3 is 1.92 bits per heavy atom. The fourth-order valence-electron chi connectivity index (χ4n) is 0.985. The van der Waals surface area contributed by atoms with Crippen LogP contribution >= 0.6 is 34.8 Å². The van der Waals surface area contributed by atoms with Crippen molar-refractivity contribution in [3.8, 4) is 0 Å². The highest BCUT2D eigenvalue weighted by Crippen LogP contribution is 2.23. The molecule has 0 aliphatic rings. The molecular weight excluding hydrogens is 231 g/mol. The molecule has 1 aromatic rings. The monoisotopic (exact) mass is 237 g/mol. The van der Waals surface area contributed by atoms with Crippen LogP contribution in [-0.4, -0.2) is 8.80 Å². The molecule has 0 unspecified atom stereocenters. The van der Waals surface area contributed by atoms with E-state index in [0.29, 0.717) is 10.0 Å². The second-order valence-corrected chi connectivity index (χ2v) is 6.41. The normalized spacial score (nSPS) is 10.8. The third-order valence-corrected chi connectivity index (χ3v) is 4.50. The maximum Gasteiger partial charge on any atom is 0.0832 e. The highest BCUT2D eigenvalue weighted by molar-refractivity contribution is 6.76. The van der Waals surface area contributed by atoms with Gasteiger partial charge in [-0.05, 0) is 17.3 Å². The van der Waals surface area contributed by atoms with E-state index in [2.05, 4.69) is 13.1 Å². The number of benzene rings is 1. The van der Waals surface area contributed by atoms with Gasteiger partial charge < -0.3 is 0 Å². The number of hydrogen-bond donors (Lipinski definition) is 0. The first-order valence-corrected chi connectivity index (χ1v) is 7.11. The van der Waals surface area contributed by atoms with Crippen molar-refractivity contribution in [1.82, 2.24) is 0 Å². The van der Waals surface area contributed by atoms with Crippen molar-refractivity contribution in [3.05, 3.63) is 27.2 Å². The zero-order chi connectivity index (χ0) is 9.30. The highest BCUT2D eigenvalue weighted by Gasteiger charge is 2.13. The van der Waals surface area contributed by atoms with Gasteiger partial charge in [-0.3, -0.25) is 0 Å². The third-order valence-electron chi connectivity index (χ3n) is 1.54. The summed E-state index contributed by atoms with van der Waals surface area (Å²) < 4.78 is 0. The predicted molar refractivity (Wildman–Crippen MR) is 58.6 cm³/mol. The molecule has 0 atom stereocenters. The topological polar surface area (TPSA) is 0 Å². The van der Waals surface area contributed by atoms with Crippen LogP contribution in [0.4, 0.5) is 0 Å². The molecule has 0 amide bonds. The van der Waals surface area contributed by atoms with Crippen LogP contribution in [0.1, 0.15) is 0 Å². The van der Waals surface area contributed by atoms with E-state index >= 15 is 0 Å². The third kappa shape index (κ3) is 1.97. The molecular formula is C8H8Cl3Si. The minimum absolute atomic E-state index is 0.585. The van der Waals surface area contributed by atoms with Gasteiger partial charge >= 0.3 is 0 Å². The summed E-state index contributed by atoms with van der Waals surface area (Å²) in [7, 11) is -0.643. The second kappa shape index (κ2) is 4.01. The molecule has 0 bridgehead atoms. The molecule has 0 aliphatic heterocycles. The molecule has 0 N–H and O–H groups in total. The summed E-state index contributed by atoms with van der Waals surface area (Å²) in [6.45, 7) is 4.27. The SMILES string of the molecule is C[Si](C)c1c(Cl)ccc(Cl)c1Cl. The second-order valence-electron chi connectivity index (χ2n) is 2.72. The Morgan fingerprint density at radius 2 is 1.50 bits per heavy atom. The molecule has 1 rings (SSSR count). The fourth-order valence-corrected chi connectivity index (χ4v) is 3.86. The lowest BCUT2D eigenvalue weighted by Gasteiger charge is -2.09. The van der Waals surface area contributed by atoms with Crippen LogP contribution in [-0.2, 0) is 0 Å². The highest BCUT2D eigenvalue weighted by atomic mass is 35.5. The van der Waals surface area contributed by atoms with Crippen LogP contribution < -0.4 is 5.19 Å². The zero-order valence-corrected chi connectivity index (χ0v) is 10.1. The van der Waals surface area contributed by atoms with E-state index in [4.69, 9.17) is 34.8 Å². The molecule has 0 saturated carbocycles. The Hall–Kier alpha value is 0.307. The average molecular weight is 239 g/mol. The van der Waals surface area contributed by atoms with Crippen LogP contribution in [0.2, 0.25) is 28.2 Å². The molecule has 0 aromatic heterocycles. The summed E-state index contributed by atoms with van der Waals surface area (Å²) >= 11 is 17.8. The minimum Gasteiger partial charge on any atom is -0.0844 e. The molecule has 65 valence electrons. The molecule has 0 heterocycles. The lowest BCUT2D eigenvalue weighted by Crippen LogP contribution is -2.25. The van der Waals surface area contributed by atoms with E-state index in [9.17, 15) is 0 Å². The van der Waals surface area contributed by atoms with E-state index in [0.717, 1.165) is 10.2 Å². The van der Waals surface area contributed by atoms with Crippen molar-refractivity contribution in [2.75, 3.05) is 0 Å². The Labute approximate surface area is 89.0 Å². The maximum absolute atomic E-state index is 6.00. The molecule has 4 heteroatoms. The van der Waals surface area contributed by atoms with Crippen molar-refractivity contribution in [3.63, 3.8) is 0 Å². The largest absolute Gasteiger partial charge is 0.0844 e. The Bertz CT molecular complexity index is 297. The summed E-state index contributed by atoms with van der Waals surface area (Å²) in [5.74, 6) is 0. The van der Waals surface area contributed by atoms with Gasteiger partial charge in [0.25, 0.3) is 0 Å². The summed E-state index contributed by atoms with van der Waals surface area (Å²) in [5.41, 5.74) is 0. The molecule has 0 aliphatic carbocycles. The van der Waals surface area contributed by atoms with Crippen molar-refractivity contribution < 1.29 is 0 Å². The molecule has 1 radical (unpaired) electrons. The first-order chi connectivity index (χ1) is 5.54. The van der Waals surface area contributed by atoms with Crippen LogP contribution in [0, 0.1) is 0 Å². The van der Waals surface area contributed by atoms with Crippen LogP contribution in [0.15, 0.2) is 12.1 Å². The molecule has 0 nitrogen and oxygen atoms in total. The van der Waals surface area contributed by atoms with Crippen molar-refractivity contribution in [2.45, 2.75) is 13.1 Å². The van der Waals surface area contributed by atoms with E-state index in [-0.39, 0.29) is 0 Å². The first kappa shape index (κ1) is 10.4. The van der Waals surface area contributed by atoms with Gasteiger partial charge in [-0.25, -0.2) is 0 Å². The summed E-state index contributed by atoms with van der Waals surface area (Å²) in [6, 6.07) is 3.52. The van der Waals surface area contributed by atoms with Crippen molar-refractivity contribution in [1.29, 1.82) is 0 Å². The van der Waals surface area contributed by atoms with Crippen LogP contribution in [0.25, 0.3) is 0 Å². The Morgan fingerprint density at radius 1 is 1.00 bits per heavy atom. The molecule has 12 heavy (non-hydrogen) atoms. The van der Waals surface area contributed by atoms with E-state index in [1.807, 2.05) is 0 Å². The first-order valence-electron chi connectivity index (χ1n) is 3.48. The molecule has 0 saturated heterocycles. The van der Waals surface area contributed by atoms with Gasteiger partial charge in [0.1, 0.15) is 0 Å². The smallest absolute Gasteiger partial charge is 0.0832 e. The number of rotatable bonds is 1. The van der Waals surface area contributed by atoms with E-state index < -0.39 is 8.80 Å². The molecule has 0 fully saturated rings. The van der Waals surface area contributed by atoms with Crippen molar-refractivity contribution >= 4 is 48.8 Å². The van der Waals surface area contributed by atoms with Crippen molar-refractivity contribution in [2.24, 2.45) is 0 Å². The quantitative estimate of drug-likeness (QED) is 0.518. The predicted octanol–water partition coefficient (Wildman–Crippen LogP) is 3.61.